The molecule has 10 heteroatoms. The molecule has 0 bridgehead atoms. The van der Waals surface area contributed by atoms with E-state index in [-0.39, 0.29) is 25.2 Å². The minimum atomic E-state index is -1.75. The topological polar surface area (TPSA) is 113 Å². The summed E-state index contributed by atoms with van der Waals surface area (Å²) in [5, 5.41) is 13.3. The van der Waals surface area contributed by atoms with Crippen LogP contribution in [0.1, 0.15) is 29.3 Å². The van der Waals surface area contributed by atoms with Crippen molar-refractivity contribution >= 4 is 34.8 Å². The summed E-state index contributed by atoms with van der Waals surface area (Å²) in [5.74, 6) is -1.51. The van der Waals surface area contributed by atoms with Gasteiger partial charge in [-0.05, 0) is 48.7 Å². The number of amides is 3. The number of aryl methyl sites for hydroxylation is 1. The molecule has 0 aromatic heterocycles. The maximum absolute atomic E-state index is 13.2. The highest BCUT2D eigenvalue weighted by Crippen LogP contribution is 2.26. The van der Waals surface area contributed by atoms with Crippen molar-refractivity contribution in [2.45, 2.75) is 38.1 Å². The van der Waals surface area contributed by atoms with Crippen molar-refractivity contribution in [2.24, 2.45) is 0 Å². The molecule has 3 amide bonds. The Labute approximate surface area is 215 Å². The molecular formula is C27H30N4O6. The molecule has 4 rings (SSSR count). The summed E-state index contributed by atoms with van der Waals surface area (Å²) < 4.78 is 10.8. The molecule has 0 unspecified atom stereocenters. The predicted molar refractivity (Wildman–Crippen MR) is 137 cm³/mol. The lowest BCUT2D eigenvalue weighted by Crippen LogP contribution is -2.55. The Kier molecular flexibility index (Phi) is 8.18. The summed E-state index contributed by atoms with van der Waals surface area (Å²) in [6.07, 6.45) is -1.76. The first kappa shape index (κ1) is 26.3. The van der Waals surface area contributed by atoms with E-state index in [1.807, 2.05) is 6.92 Å². The molecule has 194 valence electrons. The van der Waals surface area contributed by atoms with Crippen molar-refractivity contribution in [1.29, 1.82) is 0 Å². The number of carbonyl (C=O) groups excluding carboxylic acids is 3. The lowest BCUT2D eigenvalue weighted by atomic mass is 10.1. The first-order valence-corrected chi connectivity index (χ1v) is 12.2. The van der Waals surface area contributed by atoms with E-state index in [0.29, 0.717) is 42.1 Å². The zero-order chi connectivity index (χ0) is 26.5. The Hall–Kier alpha value is -3.78. The van der Waals surface area contributed by atoms with Crippen LogP contribution < -0.4 is 10.2 Å². The summed E-state index contributed by atoms with van der Waals surface area (Å²) >= 11 is 0. The third-order valence-electron chi connectivity index (χ3n) is 6.70. The van der Waals surface area contributed by atoms with E-state index in [4.69, 9.17) is 16.0 Å². The van der Waals surface area contributed by atoms with Crippen molar-refractivity contribution in [3.63, 3.8) is 0 Å². The van der Waals surface area contributed by atoms with Crippen LogP contribution in [0.3, 0.4) is 0 Å². The Morgan fingerprint density at radius 1 is 1.27 bits per heavy atom. The van der Waals surface area contributed by atoms with Crippen LogP contribution in [0.5, 0.6) is 0 Å². The van der Waals surface area contributed by atoms with Gasteiger partial charge in [0.15, 0.2) is 17.9 Å². The van der Waals surface area contributed by atoms with Gasteiger partial charge in [-0.25, -0.2) is 4.85 Å². The van der Waals surface area contributed by atoms with Gasteiger partial charge in [0.1, 0.15) is 0 Å². The van der Waals surface area contributed by atoms with Gasteiger partial charge in [-0.15, -0.1) is 0 Å². The number of morpholine rings is 1. The molecule has 0 radical (unpaired) electrons. The molecule has 3 atom stereocenters. The maximum Gasteiger partial charge on any atom is 0.259 e. The number of nitrogens with one attached hydrogen (secondary N) is 1. The number of likely N-dealkylation sites (tertiary alicyclic amines) is 1. The molecule has 2 heterocycles. The summed E-state index contributed by atoms with van der Waals surface area (Å²) in [6.45, 7) is 10.6. The quantitative estimate of drug-likeness (QED) is 0.558. The SMILES string of the molecule is [C-]#[N+]c1ccc(NC(=O)[C@H](O)[C@H]2OCCN(c3cccc(C(=O)N4CC[C@@H](OC)C4)c3)C2=O)cc1CC. The molecule has 2 fully saturated rings. The number of anilines is 2. The largest absolute Gasteiger partial charge is 0.380 e. The number of methoxy groups -OCH3 is 1. The number of aliphatic hydroxyl groups is 1. The monoisotopic (exact) mass is 506 g/mol. The average molecular weight is 507 g/mol. The van der Waals surface area contributed by atoms with Gasteiger partial charge in [0.25, 0.3) is 17.7 Å². The maximum atomic E-state index is 13.2. The molecule has 2 saturated heterocycles. The van der Waals surface area contributed by atoms with Gasteiger partial charge in [0.2, 0.25) is 0 Å². The molecule has 2 aromatic rings. The van der Waals surface area contributed by atoms with E-state index in [1.165, 1.54) is 4.90 Å². The van der Waals surface area contributed by atoms with Crippen LogP contribution in [0.4, 0.5) is 17.1 Å². The summed E-state index contributed by atoms with van der Waals surface area (Å²) in [4.78, 5) is 45.6. The number of nitrogens with zero attached hydrogens (tertiary/aromatic N) is 3. The van der Waals surface area contributed by atoms with Crippen LogP contribution in [0, 0.1) is 6.57 Å². The van der Waals surface area contributed by atoms with Crippen molar-refractivity contribution in [1.82, 2.24) is 4.90 Å². The first-order chi connectivity index (χ1) is 17.9. The van der Waals surface area contributed by atoms with Crippen molar-refractivity contribution in [2.75, 3.05) is 43.6 Å². The lowest BCUT2D eigenvalue weighted by Gasteiger charge is -2.34. The Morgan fingerprint density at radius 3 is 2.78 bits per heavy atom. The van der Waals surface area contributed by atoms with Gasteiger partial charge in [0.05, 0.1) is 19.3 Å². The van der Waals surface area contributed by atoms with Gasteiger partial charge in [-0.1, -0.05) is 19.1 Å². The zero-order valence-corrected chi connectivity index (χ0v) is 20.8. The Bertz CT molecular complexity index is 1230. The van der Waals surface area contributed by atoms with Gasteiger partial charge in [-0.2, -0.15) is 0 Å². The summed E-state index contributed by atoms with van der Waals surface area (Å²) in [5.41, 5.74) is 2.60. The summed E-state index contributed by atoms with van der Waals surface area (Å²) in [7, 11) is 1.63. The smallest absolute Gasteiger partial charge is 0.259 e. The number of hydrogen-bond acceptors (Lipinski definition) is 6. The van der Waals surface area contributed by atoms with Crippen molar-refractivity contribution < 1.29 is 29.0 Å². The van der Waals surface area contributed by atoms with Gasteiger partial charge in [0, 0.05) is 43.7 Å². The number of rotatable bonds is 7. The fraction of sp³-hybridized carbons (Fsp3) is 0.407. The van der Waals surface area contributed by atoms with Crippen LogP contribution in [-0.4, -0.2) is 79.4 Å². The minimum Gasteiger partial charge on any atom is -0.380 e. The zero-order valence-electron chi connectivity index (χ0n) is 20.8. The van der Waals surface area contributed by atoms with E-state index in [9.17, 15) is 19.5 Å². The van der Waals surface area contributed by atoms with Crippen molar-refractivity contribution in [3.05, 3.63) is 65.0 Å². The third kappa shape index (κ3) is 5.64. The molecule has 2 aliphatic rings. The van der Waals surface area contributed by atoms with E-state index in [0.717, 1.165) is 12.0 Å². The number of benzene rings is 2. The van der Waals surface area contributed by atoms with Gasteiger partial charge < -0.3 is 29.7 Å². The molecule has 2 N–H and O–H groups in total. The lowest BCUT2D eigenvalue weighted by molar-refractivity contribution is -0.150. The average Bonchev–Trinajstić information content (AvgIpc) is 3.42. The van der Waals surface area contributed by atoms with Crippen LogP contribution >= 0.6 is 0 Å². The van der Waals surface area contributed by atoms with E-state index in [2.05, 4.69) is 10.2 Å². The second-order valence-electron chi connectivity index (χ2n) is 8.97. The second kappa shape index (κ2) is 11.5. The Morgan fingerprint density at radius 2 is 2.08 bits per heavy atom. The molecule has 37 heavy (non-hydrogen) atoms. The van der Waals surface area contributed by atoms with Crippen LogP contribution in [0.15, 0.2) is 42.5 Å². The highest BCUT2D eigenvalue weighted by atomic mass is 16.5. The fourth-order valence-electron chi connectivity index (χ4n) is 4.59. The normalized spacial score (nSPS) is 20.4. The number of aliphatic hydroxyl groups excluding tert-OH is 1. The minimum absolute atomic E-state index is 0.0144. The molecule has 0 spiro atoms. The van der Waals surface area contributed by atoms with Crippen LogP contribution in [-0.2, 0) is 25.5 Å². The summed E-state index contributed by atoms with van der Waals surface area (Å²) in [6, 6.07) is 11.6. The Balaban J connectivity index is 1.45. The molecule has 0 saturated carbocycles. The predicted octanol–water partition coefficient (Wildman–Crippen LogP) is 2.39. The number of hydrogen-bond donors (Lipinski definition) is 2. The molecule has 0 aliphatic carbocycles. The molecular weight excluding hydrogens is 476 g/mol. The number of carbonyl (C=O) groups is 3. The van der Waals surface area contributed by atoms with E-state index >= 15 is 0 Å². The van der Waals surface area contributed by atoms with Crippen LogP contribution in [0.2, 0.25) is 0 Å². The van der Waals surface area contributed by atoms with E-state index < -0.39 is 24.0 Å². The van der Waals surface area contributed by atoms with Gasteiger partial charge in [-0.3, -0.25) is 14.4 Å². The van der Waals surface area contributed by atoms with Crippen LogP contribution in [0.25, 0.3) is 4.85 Å². The van der Waals surface area contributed by atoms with Gasteiger partial charge >= 0.3 is 0 Å². The standard InChI is InChI=1S/C27H30N4O6/c1-4-17-14-19(8-9-22(17)28-2)29-25(33)23(32)24-27(35)31(12-13-37-24)20-7-5-6-18(15-20)26(34)30-11-10-21(16-30)36-3/h5-9,14-15,21,23-24,32H,4,10-13,16H2,1,3H3,(H,29,33)/t21-,23-,24-/m1/s1. The van der Waals surface area contributed by atoms with Crippen molar-refractivity contribution in [3.8, 4) is 0 Å². The fourth-order valence-corrected chi connectivity index (χ4v) is 4.59. The third-order valence-corrected chi connectivity index (χ3v) is 6.70. The molecule has 2 aromatic carbocycles. The molecule has 2 aliphatic heterocycles. The van der Waals surface area contributed by atoms with E-state index in [1.54, 1.807) is 54.5 Å². The second-order valence-corrected chi connectivity index (χ2v) is 8.97. The first-order valence-electron chi connectivity index (χ1n) is 12.2. The highest BCUT2D eigenvalue weighted by Gasteiger charge is 2.39. The molecule has 10 nitrogen and oxygen atoms in total. The number of ether oxygens (including phenoxy) is 2. The highest BCUT2D eigenvalue weighted by molar-refractivity contribution is 6.04.